The van der Waals surface area contributed by atoms with Crippen LogP contribution >= 0.6 is 0 Å². The second-order valence-corrected chi connectivity index (χ2v) is 6.98. The second-order valence-electron chi connectivity index (χ2n) is 6.98. The smallest absolute Gasteiger partial charge is 0.228 e. The third-order valence-electron chi connectivity index (χ3n) is 4.98. The highest BCUT2D eigenvalue weighted by Gasteiger charge is 2.17. The van der Waals surface area contributed by atoms with Crippen LogP contribution in [0.2, 0.25) is 0 Å². The van der Waals surface area contributed by atoms with Crippen LogP contribution in [0.5, 0.6) is 11.5 Å². The topological polar surface area (TPSA) is 63.7 Å². The molecule has 0 saturated carbocycles. The molecule has 2 heterocycles. The van der Waals surface area contributed by atoms with E-state index in [2.05, 4.69) is 22.1 Å². The number of nitrogens with one attached hydrogen (secondary N) is 1. The molecule has 6 heteroatoms. The number of benzene rings is 1. The zero-order valence-electron chi connectivity index (χ0n) is 16.2. The summed E-state index contributed by atoms with van der Waals surface area (Å²) in [7, 11) is 3.18. The molecule has 1 saturated heterocycles. The van der Waals surface area contributed by atoms with Crippen LogP contribution < -0.4 is 19.7 Å². The fourth-order valence-corrected chi connectivity index (χ4v) is 3.26. The first kappa shape index (κ1) is 19.0. The van der Waals surface area contributed by atoms with Crippen LogP contribution in [-0.4, -0.2) is 38.2 Å². The summed E-state index contributed by atoms with van der Waals surface area (Å²) in [4.78, 5) is 19.2. The summed E-state index contributed by atoms with van der Waals surface area (Å²) in [6.07, 6.45) is 4.34. The van der Waals surface area contributed by atoms with Gasteiger partial charge in [-0.15, -0.1) is 0 Å². The maximum Gasteiger partial charge on any atom is 0.228 e. The lowest BCUT2D eigenvalue weighted by atomic mass is 9.99. The van der Waals surface area contributed by atoms with Gasteiger partial charge in [-0.3, -0.25) is 4.79 Å². The molecule has 1 aromatic carbocycles. The monoisotopic (exact) mass is 369 g/mol. The maximum absolute atomic E-state index is 12.4. The molecule has 1 aliphatic heterocycles. The first-order valence-corrected chi connectivity index (χ1v) is 9.31. The van der Waals surface area contributed by atoms with E-state index in [-0.39, 0.29) is 12.3 Å². The number of carbonyl (C=O) groups is 1. The third-order valence-corrected chi connectivity index (χ3v) is 4.98. The second kappa shape index (κ2) is 8.75. The standard InChI is InChI=1S/C21H27N3O3/c1-15-8-10-24(11-9-15)20-7-5-17(14-22-20)23-21(25)12-16-4-6-18(26-2)13-19(16)27-3/h4-7,13-15H,8-12H2,1-3H3,(H,23,25). The Bertz CT molecular complexity index is 769. The van der Waals surface area contributed by atoms with Gasteiger partial charge in [-0.1, -0.05) is 13.0 Å². The first-order valence-electron chi connectivity index (χ1n) is 9.31. The van der Waals surface area contributed by atoms with E-state index in [1.54, 1.807) is 26.5 Å². The Morgan fingerprint density at radius 1 is 1.19 bits per heavy atom. The molecule has 144 valence electrons. The number of hydrogen-bond acceptors (Lipinski definition) is 5. The SMILES string of the molecule is COc1ccc(CC(=O)Nc2ccc(N3CCC(C)CC3)nc2)c(OC)c1. The van der Waals surface area contributed by atoms with Crippen LogP contribution in [0.3, 0.4) is 0 Å². The van der Waals surface area contributed by atoms with Crippen molar-refractivity contribution in [2.24, 2.45) is 5.92 Å². The van der Waals surface area contributed by atoms with Gasteiger partial charge in [0.15, 0.2) is 0 Å². The number of amides is 1. The summed E-state index contributed by atoms with van der Waals surface area (Å²) in [6.45, 7) is 4.37. The van der Waals surface area contributed by atoms with Crippen molar-refractivity contribution < 1.29 is 14.3 Å². The quantitative estimate of drug-likeness (QED) is 0.844. The van der Waals surface area contributed by atoms with Crippen LogP contribution in [0.25, 0.3) is 0 Å². The zero-order valence-corrected chi connectivity index (χ0v) is 16.2. The van der Waals surface area contributed by atoms with Gasteiger partial charge in [0.1, 0.15) is 17.3 Å². The van der Waals surface area contributed by atoms with Gasteiger partial charge in [0.25, 0.3) is 0 Å². The van der Waals surface area contributed by atoms with Gasteiger partial charge in [-0.05, 0) is 37.0 Å². The van der Waals surface area contributed by atoms with E-state index in [0.717, 1.165) is 30.4 Å². The van der Waals surface area contributed by atoms with Gasteiger partial charge in [0.05, 0.1) is 32.5 Å². The molecule has 1 amide bonds. The molecule has 1 N–H and O–H groups in total. The number of rotatable bonds is 6. The predicted octanol–water partition coefficient (Wildman–Crippen LogP) is 3.52. The number of nitrogens with zero attached hydrogens (tertiary/aromatic N) is 2. The van der Waals surface area contributed by atoms with E-state index in [1.807, 2.05) is 24.3 Å². The molecule has 0 aliphatic carbocycles. The molecule has 3 rings (SSSR count). The van der Waals surface area contributed by atoms with Gasteiger partial charge in [0, 0.05) is 24.7 Å². The number of pyridine rings is 1. The van der Waals surface area contributed by atoms with E-state index >= 15 is 0 Å². The van der Waals surface area contributed by atoms with Gasteiger partial charge in [-0.2, -0.15) is 0 Å². The lowest BCUT2D eigenvalue weighted by Crippen LogP contribution is -2.33. The van der Waals surface area contributed by atoms with E-state index in [1.165, 1.54) is 12.8 Å². The fourth-order valence-electron chi connectivity index (χ4n) is 3.26. The number of carbonyl (C=O) groups excluding carboxylic acids is 1. The molecule has 27 heavy (non-hydrogen) atoms. The van der Waals surface area contributed by atoms with Crippen LogP contribution in [0.1, 0.15) is 25.3 Å². The normalized spacial score (nSPS) is 14.7. The Morgan fingerprint density at radius 3 is 2.59 bits per heavy atom. The van der Waals surface area contributed by atoms with Crippen molar-refractivity contribution in [3.63, 3.8) is 0 Å². The predicted molar refractivity (Wildman–Crippen MR) is 107 cm³/mol. The fraction of sp³-hybridized carbons (Fsp3) is 0.429. The van der Waals surface area contributed by atoms with Crippen molar-refractivity contribution in [2.45, 2.75) is 26.2 Å². The number of anilines is 2. The number of ether oxygens (including phenoxy) is 2. The Morgan fingerprint density at radius 2 is 1.96 bits per heavy atom. The molecule has 0 unspecified atom stereocenters. The lowest BCUT2D eigenvalue weighted by molar-refractivity contribution is -0.115. The van der Waals surface area contributed by atoms with E-state index in [4.69, 9.17) is 9.47 Å². The zero-order chi connectivity index (χ0) is 19.2. The number of aromatic nitrogens is 1. The minimum Gasteiger partial charge on any atom is -0.497 e. The van der Waals surface area contributed by atoms with Crippen molar-refractivity contribution >= 4 is 17.4 Å². The van der Waals surface area contributed by atoms with Gasteiger partial charge < -0.3 is 19.7 Å². The Hall–Kier alpha value is -2.76. The third kappa shape index (κ3) is 4.90. The average molecular weight is 369 g/mol. The summed E-state index contributed by atoms with van der Waals surface area (Å²) in [5.41, 5.74) is 1.50. The summed E-state index contributed by atoms with van der Waals surface area (Å²) < 4.78 is 10.5. The molecular formula is C21H27N3O3. The Kier molecular flexibility index (Phi) is 6.16. The summed E-state index contributed by atoms with van der Waals surface area (Å²) in [5.74, 6) is 2.98. The largest absolute Gasteiger partial charge is 0.497 e. The van der Waals surface area contributed by atoms with E-state index in [0.29, 0.717) is 17.2 Å². The Labute approximate surface area is 160 Å². The van der Waals surface area contributed by atoms with Gasteiger partial charge in [-0.25, -0.2) is 4.98 Å². The van der Waals surface area contributed by atoms with Gasteiger partial charge >= 0.3 is 0 Å². The Balaban J connectivity index is 1.59. The highest BCUT2D eigenvalue weighted by Crippen LogP contribution is 2.25. The highest BCUT2D eigenvalue weighted by atomic mass is 16.5. The number of hydrogen-bond donors (Lipinski definition) is 1. The van der Waals surface area contributed by atoms with Crippen LogP contribution in [-0.2, 0) is 11.2 Å². The molecule has 0 radical (unpaired) electrons. The van der Waals surface area contributed by atoms with Crippen molar-refractivity contribution in [1.29, 1.82) is 0 Å². The summed E-state index contributed by atoms with van der Waals surface area (Å²) >= 11 is 0. The van der Waals surface area contributed by atoms with E-state index < -0.39 is 0 Å². The van der Waals surface area contributed by atoms with Gasteiger partial charge in [0.2, 0.25) is 5.91 Å². The lowest BCUT2D eigenvalue weighted by Gasteiger charge is -2.31. The maximum atomic E-state index is 12.4. The summed E-state index contributed by atoms with van der Waals surface area (Å²) in [5, 5.41) is 2.90. The minimum absolute atomic E-state index is 0.111. The minimum atomic E-state index is -0.111. The molecule has 1 aliphatic rings. The van der Waals surface area contributed by atoms with Crippen molar-refractivity contribution in [2.75, 3.05) is 37.5 Å². The average Bonchev–Trinajstić information content (AvgIpc) is 2.69. The van der Waals surface area contributed by atoms with Crippen LogP contribution in [0.15, 0.2) is 36.5 Å². The van der Waals surface area contributed by atoms with Crippen LogP contribution in [0.4, 0.5) is 11.5 Å². The molecule has 0 bridgehead atoms. The van der Waals surface area contributed by atoms with E-state index in [9.17, 15) is 4.79 Å². The van der Waals surface area contributed by atoms with Crippen molar-refractivity contribution in [3.05, 3.63) is 42.1 Å². The van der Waals surface area contributed by atoms with Crippen LogP contribution in [0, 0.1) is 5.92 Å². The van der Waals surface area contributed by atoms with Crippen molar-refractivity contribution in [1.82, 2.24) is 4.98 Å². The molecule has 2 aromatic rings. The molecule has 1 aromatic heterocycles. The molecule has 0 spiro atoms. The summed E-state index contributed by atoms with van der Waals surface area (Å²) in [6, 6.07) is 9.32. The molecule has 6 nitrogen and oxygen atoms in total. The number of methoxy groups -OCH3 is 2. The van der Waals surface area contributed by atoms with Crippen molar-refractivity contribution in [3.8, 4) is 11.5 Å². The first-order chi connectivity index (χ1) is 13.1. The molecule has 0 atom stereocenters. The highest BCUT2D eigenvalue weighted by molar-refractivity contribution is 5.92. The number of piperidine rings is 1. The molecule has 1 fully saturated rings. The molecular weight excluding hydrogens is 342 g/mol.